The van der Waals surface area contributed by atoms with Crippen molar-refractivity contribution in [3.05, 3.63) is 58.9 Å². The summed E-state index contributed by atoms with van der Waals surface area (Å²) >= 11 is 0. The highest BCUT2D eigenvalue weighted by atomic mass is 16.5. The summed E-state index contributed by atoms with van der Waals surface area (Å²) in [7, 11) is 4.60. The Hall–Kier alpha value is -2.49. The molecule has 0 aliphatic rings. The molecule has 8 heteroatoms. The first-order valence-electron chi connectivity index (χ1n) is 8.99. The van der Waals surface area contributed by atoms with Gasteiger partial charge in [0.25, 0.3) is 0 Å². The van der Waals surface area contributed by atoms with E-state index in [0.29, 0.717) is 39.9 Å². The second kappa shape index (κ2) is 12.2. The van der Waals surface area contributed by atoms with Crippen molar-refractivity contribution in [3.63, 3.8) is 0 Å². The van der Waals surface area contributed by atoms with E-state index in [9.17, 15) is 20.1 Å². The number of aromatic nitrogens is 1. The van der Waals surface area contributed by atoms with E-state index >= 15 is 0 Å². The molecule has 0 aliphatic heterocycles. The molecule has 29 heavy (non-hydrogen) atoms. The SMILES string of the molecule is C=C.CNCc1[nH]c(C(=O)OC)c(COC)c1-c1ccc(CO)c(CO)c1CO. The maximum atomic E-state index is 12.2. The van der Waals surface area contributed by atoms with Crippen molar-refractivity contribution in [2.45, 2.75) is 33.0 Å². The highest BCUT2D eigenvalue weighted by Crippen LogP contribution is 2.36. The molecule has 0 spiro atoms. The number of methoxy groups -OCH3 is 2. The van der Waals surface area contributed by atoms with Crippen molar-refractivity contribution in [2.75, 3.05) is 21.3 Å². The quantitative estimate of drug-likeness (QED) is 0.317. The standard InChI is InChI=1S/C19H26N2O6.C2H4/c1-20-6-16-17(15(10-26-2)18(21-16)19(25)27-3)12-5-4-11(7-22)13(8-23)14(12)9-24;1-2/h4-5,20-24H,6-10H2,1-3H3;1-2H2. The van der Waals surface area contributed by atoms with Crippen LogP contribution >= 0.6 is 0 Å². The van der Waals surface area contributed by atoms with Crippen LogP contribution in [0, 0.1) is 0 Å². The first-order valence-corrected chi connectivity index (χ1v) is 8.99. The lowest BCUT2D eigenvalue weighted by Crippen LogP contribution is -2.09. The van der Waals surface area contributed by atoms with Gasteiger partial charge in [-0.05, 0) is 29.3 Å². The number of aromatic amines is 1. The third kappa shape index (κ3) is 5.11. The van der Waals surface area contributed by atoms with E-state index in [4.69, 9.17) is 9.47 Å². The molecule has 1 aromatic heterocycles. The van der Waals surface area contributed by atoms with Crippen LogP contribution < -0.4 is 5.32 Å². The van der Waals surface area contributed by atoms with Crippen LogP contribution in [0.15, 0.2) is 25.3 Å². The van der Waals surface area contributed by atoms with Gasteiger partial charge in [-0.2, -0.15) is 0 Å². The Bertz CT molecular complexity index is 816. The maximum Gasteiger partial charge on any atom is 0.354 e. The number of aliphatic hydroxyl groups excluding tert-OH is 3. The number of aliphatic hydroxyl groups is 3. The number of carbonyl (C=O) groups is 1. The van der Waals surface area contributed by atoms with Crippen molar-refractivity contribution in [1.29, 1.82) is 0 Å². The van der Waals surface area contributed by atoms with E-state index in [1.807, 2.05) is 0 Å². The van der Waals surface area contributed by atoms with E-state index < -0.39 is 5.97 Å². The Morgan fingerprint density at radius 3 is 2.21 bits per heavy atom. The van der Waals surface area contributed by atoms with Crippen molar-refractivity contribution >= 4 is 5.97 Å². The summed E-state index contributed by atoms with van der Waals surface area (Å²) < 4.78 is 10.2. The van der Waals surface area contributed by atoms with Gasteiger partial charge in [-0.3, -0.25) is 0 Å². The third-order valence-corrected chi connectivity index (χ3v) is 4.50. The van der Waals surface area contributed by atoms with Crippen molar-refractivity contribution in [3.8, 4) is 11.1 Å². The summed E-state index contributed by atoms with van der Waals surface area (Å²) in [5.41, 5.74) is 4.46. The predicted octanol–water partition coefficient (Wildman–Crippen LogP) is 1.61. The second-order valence-electron chi connectivity index (χ2n) is 5.99. The number of H-pyrrole nitrogens is 1. The number of hydrogen-bond donors (Lipinski definition) is 5. The Balaban J connectivity index is 0.00000204. The highest BCUT2D eigenvalue weighted by Gasteiger charge is 2.26. The average molecular weight is 406 g/mol. The van der Waals surface area contributed by atoms with Crippen molar-refractivity contribution < 1.29 is 29.6 Å². The Morgan fingerprint density at radius 1 is 1.07 bits per heavy atom. The molecule has 0 saturated carbocycles. The van der Waals surface area contributed by atoms with Gasteiger partial charge in [0.05, 0.1) is 33.5 Å². The molecule has 2 aromatic rings. The first kappa shape index (κ1) is 24.5. The highest BCUT2D eigenvalue weighted by molar-refractivity contribution is 5.93. The molecular weight excluding hydrogens is 376 g/mol. The summed E-state index contributed by atoms with van der Waals surface area (Å²) in [6.45, 7) is 5.68. The molecule has 0 radical (unpaired) electrons. The minimum Gasteiger partial charge on any atom is -0.464 e. The fraction of sp³-hybridized carbons (Fsp3) is 0.381. The average Bonchev–Trinajstić information content (AvgIpc) is 3.11. The van der Waals surface area contributed by atoms with Gasteiger partial charge in [0, 0.05) is 30.5 Å². The van der Waals surface area contributed by atoms with Gasteiger partial charge in [-0.25, -0.2) is 4.79 Å². The Labute approximate surface area is 170 Å². The molecule has 0 amide bonds. The molecule has 1 aromatic carbocycles. The van der Waals surface area contributed by atoms with E-state index in [1.54, 1.807) is 19.2 Å². The van der Waals surface area contributed by atoms with Crippen molar-refractivity contribution in [2.24, 2.45) is 0 Å². The lowest BCUT2D eigenvalue weighted by molar-refractivity contribution is 0.0589. The summed E-state index contributed by atoms with van der Waals surface area (Å²) in [6, 6.07) is 3.46. The monoisotopic (exact) mass is 406 g/mol. The molecule has 0 bridgehead atoms. The van der Waals surface area contributed by atoms with Gasteiger partial charge in [-0.1, -0.05) is 12.1 Å². The number of esters is 1. The molecule has 5 N–H and O–H groups in total. The smallest absolute Gasteiger partial charge is 0.354 e. The second-order valence-corrected chi connectivity index (χ2v) is 5.99. The van der Waals surface area contributed by atoms with E-state index in [0.717, 1.165) is 5.69 Å². The van der Waals surface area contributed by atoms with Crippen LogP contribution in [0.2, 0.25) is 0 Å². The van der Waals surface area contributed by atoms with Gasteiger partial charge >= 0.3 is 5.97 Å². The zero-order chi connectivity index (χ0) is 22.0. The molecule has 0 unspecified atom stereocenters. The maximum absolute atomic E-state index is 12.2. The zero-order valence-corrected chi connectivity index (χ0v) is 17.2. The van der Waals surface area contributed by atoms with Crippen LogP contribution in [0.4, 0.5) is 0 Å². The fourth-order valence-electron chi connectivity index (χ4n) is 3.30. The number of nitrogens with one attached hydrogen (secondary N) is 2. The molecule has 0 saturated heterocycles. The van der Waals surface area contributed by atoms with Gasteiger partial charge in [0.1, 0.15) is 5.69 Å². The number of rotatable bonds is 9. The molecule has 0 atom stereocenters. The van der Waals surface area contributed by atoms with E-state index in [2.05, 4.69) is 23.5 Å². The summed E-state index contributed by atoms with van der Waals surface area (Å²) in [5, 5.41) is 32.3. The Kier molecular flexibility index (Phi) is 10.3. The molecule has 2 rings (SSSR count). The molecular formula is C21H30N2O6. The number of ether oxygens (including phenoxy) is 2. The molecule has 0 aliphatic carbocycles. The predicted molar refractivity (Wildman–Crippen MR) is 110 cm³/mol. The van der Waals surface area contributed by atoms with Gasteiger partial charge in [0.15, 0.2) is 0 Å². The summed E-state index contributed by atoms with van der Waals surface area (Å²) in [6.07, 6.45) is 0. The first-order chi connectivity index (χ1) is 14.1. The van der Waals surface area contributed by atoms with Crippen LogP contribution in [-0.4, -0.2) is 47.5 Å². The van der Waals surface area contributed by atoms with Crippen LogP contribution in [0.1, 0.15) is 38.4 Å². The topological polar surface area (TPSA) is 124 Å². The largest absolute Gasteiger partial charge is 0.464 e. The number of benzene rings is 1. The zero-order valence-electron chi connectivity index (χ0n) is 17.2. The van der Waals surface area contributed by atoms with Crippen LogP contribution in [0.3, 0.4) is 0 Å². The molecule has 0 fully saturated rings. The van der Waals surface area contributed by atoms with Crippen molar-refractivity contribution in [1.82, 2.24) is 10.3 Å². The van der Waals surface area contributed by atoms with Crippen LogP contribution in [0.25, 0.3) is 11.1 Å². The van der Waals surface area contributed by atoms with E-state index in [-0.39, 0.29) is 32.1 Å². The molecule has 160 valence electrons. The molecule has 8 nitrogen and oxygen atoms in total. The number of carbonyl (C=O) groups excluding carboxylic acids is 1. The normalized spacial score (nSPS) is 10.4. The molecule has 1 heterocycles. The van der Waals surface area contributed by atoms with Gasteiger partial charge in [-0.15, -0.1) is 13.2 Å². The third-order valence-electron chi connectivity index (χ3n) is 4.50. The summed E-state index contributed by atoms with van der Waals surface area (Å²) in [4.78, 5) is 15.3. The lowest BCUT2D eigenvalue weighted by atomic mass is 9.90. The van der Waals surface area contributed by atoms with Gasteiger partial charge in [0.2, 0.25) is 0 Å². The minimum atomic E-state index is -0.523. The minimum absolute atomic E-state index is 0.154. The van der Waals surface area contributed by atoms with Crippen LogP contribution in [0.5, 0.6) is 0 Å². The fourth-order valence-corrected chi connectivity index (χ4v) is 3.30. The Morgan fingerprint density at radius 2 is 1.72 bits per heavy atom. The summed E-state index contributed by atoms with van der Waals surface area (Å²) in [5.74, 6) is -0.523. The van der Waals surface area contributed by atoms with Gasteiger partial charge < -0.3 is 35.1 Å². The lowest BCUT2D eigenvalue weighted by Gasteiger charge is -2.17. The van der Waals surface area contributed by atoms with Crippen LogP contribution in [-0.2, 0) is 42.4 Å². The number of hydrogen-bond acceptors (Lipinski definition) is 7. The van der Waals surface area contributed by atoms with E-state index in [1.165, 1.54) is 14.2 Å².